The van der Waals surface area contributed by atoms with Gasteiger partial charge in [0.15, 0.2) is 0 Å². The smallest absolute Gasteiger partial charge is 0.328 e. The van der Waals surface area contributed by atoms with Crippen LogP contribution in [0, 0.1) is 5.92 Å². The molecule has 2 fully saturated rings. The molecule has 0 N–H and O–H groups in total. The Morgan fingerprint density at radius 3 is 2.71 bits per heavy atom. The molecule has 0 aromatic carbocycles. The van der Waals surface area contributed by atoms with E-state index in [1.807, 2.05) is 0 Å². The highest BCUT2D eigenvalue weighted by Gasteiger charge is 2.34. The van der Waals surface area contributed by atoms with Crippen molar-refractivity contribution in [2.45, 2.75) is 31.7 Å². The van der Waals surface area contributed by atoms with Crippen molar-refractivity contribution in [1.82, 2.24) is 4.90 Å². The van der Waals surface area contributed by atoms with Crippen LogP contribution >= 0.6 is 0 Å². The molecule has 0 spiro atoms. The van der Waals surface area contributed by atoms with Crippen molar-refractivity contribution in [3.8, 4) is 0 Å². The minimum absolute atomic E-state index is 0.0633. The standard InChI is InChI=1S/C12H19NO4/c1-16-12(15)10-4-2-3-5-13(10)11(14)6-9-7-17-8-9/h9-10H,2-8H2,1H3. The predicted molar refractivity (Wildman–Crippen MR) is 60.3 cm³/mol. The van der Waals surface area contributed by atoms with Crippen LogP contribution in [-0.4, -0.2) is 49.7 Å². The van der Waals surface area contributed by atoms with Crippen molar-refractivity contribution in [3.05, 3.63) is 0 Å². The second-order valence-electron chi connectivity index (χ2n) is 4.73. The van der Waals surface area contributed by atoms with E-state index in [2.05, 4.69) is 0 Å². The van der Waals surface area contributed by atoms with Gasteiger partial charge in [0.05, 0.1) is 20.3 Å². The van der Waals surface area contributed by atoms with E-state index in [0.29, 0.717) is 32.1 Å². The molecule has 1 amide bonds. The van der Waals surface area contributed by atoms with Gasteiger partial charge in [0.25, 0.3) is 0 Å². The molecule has 0 saturated carbocycles. The van der Waals surface area contributed by atoms with Gasteiger partial charge in [-0.05, 0) is 19.3 Å². The number of nitrogens with zero attached hydrogens (tertiary/aromatic N) is 1. The van der Waals surface area contributed by atoms with Gasteiger partial charge in [-0.2, -0.15) is 0 Å². The lowest BCUT2D eigenvalue weighted by Crippen LogP contribution is -2.49. The van der Waals surface area contributed by atoms with Gasteiger partial charge in [-0.25, -0.2) is 4.79 Å². The first-order valence-corrected chi connectivity index (χ1v) is 6.17. The van der Waals surface area contributed by atoms with Gasteiger partial charge in [0, 0.05) is 18.9 Å². The second-order valence-corrected chi connectivity index (χ2v) is 4.73. The lowest BCUT2D eigenvalue weighted by atomic mass is 9.98. The normalized spacial score (nSPS) is 25.2. The summed E-state index contributed by atoms with van der Waals surface area (Å²) in [5.74, 6) is 0.110. The Kier molecular flexibility index (Phi) is 3.99. The number of hydrogen-bond acceptors (Lipinski definition) is 4. The molecule has 5 heteroatoms. The molecule has 0 radical (unpaired) electrons. The van der Waals surface area contributed by atoms with Gasteiger partial charge < -0.3 is 14.4 Å². The molecule has 2 rings (SSSR count). The van der Waals surface area contributed by atoms with Gasteiger partial charge in [-0.1, -0.05) is 0 Å². The van der Waals surface area contributed by atoms with Gasteiger partial charge in [-0.3, -0.25) is 4.79 Å². The van der Waals surface area contributed by atoms with Crippen LogP contribution in [0.2, 0.25) is 0 Å². The Balaban J connectivity index is 1.94. The number of esters is 1. The summed E-state index contributed by atoms with van der Waals surface area (Å²) in [6.07, 6.45) is 3.17. The Bertz CT molecular complexity index is 301. The molecular weight excluding hydrogens is 222 g/mol. The number of rotatable bonds is 3. The van der Waals surface area contributed by atoms with Gasteiger partial charge in [-0.15, -0.1) is 0 Å². The summed E-state index contributed by atoms with van der Waals surface area (Å²) >= 11 is 0. The lowest BCUT2D eigenvalue weighted by molar-refractivity contribution is -0.156. The minimum atomic E-state index is -0.373. The zero-order valence-electron chi connectivity index (χ0n) is 10.2. The SMILES string of the molecule is COC(=O)C1CCCCN1C(=O)CC1COC1. The van der Waals surface area contributed by atoms with E-state index in [4.69, 9.17) is 9.47 Å². The van der Waals surface area contributed by atoms with Crippen LogP contribution < -0.4 is 0 Å². The number of carbonyl (C=O) groups excluding carboxylic acids is 2. The van der Waals surface area contributed by atoms with Crippen LogP contribution in [0.1, 0.15) is 25.7 Å². The molecule has 0 aromatic rings. The molecule has 2 saturated heterocycles. The van der Waals surface area contributed by atoms with E-state index in [9.17, 15) is 9.59 Å². The van der Waals surface area contributed by atoms with Gasteiger partial charge in [0.1, 0.15) is 6.04 Å². The topological polar surface area (TPSA) is 55.8 Å². The Labute approximate surface area is 101 Å². The zero-order chi connectivity index (χ0) is 12.3. The van der Waals surface area contributed by atoms with E-state index in [1.54, 1.807) is 4.90 Å². The monoisotopic (exact) mass is 241 g/mol. The number of ether oxygens (including phenoxy) is 2. The molecule has 96 valence electrons. The Hall–Kier alpha value is -1.10. The summed E-state index contributed by atoms with van der Waals surface area (Å²) in [4.78, 5) is 25.4. The van der Waals surface area contributed by atoms with Crippen molar-refractivity contribution in [3.63, 3.8) is 0 Å². The van der Waals surface area contributed by atoms with E-state index < -0.39 is 0 Å². The van der Waals surface area contributed by atoms with E-state index in [-0.39, 0.29) is 17.9 Å². The molecule has 0 bridgehead atoms. The number of hydrogen-bond donors (Lipinski definition) is 0. The quantitative estimate of drug-likeness (QED) is 0.678. The first-order valence-electron chi connectivity index (χ1n) is 6.17. The molecule has 2 heterocycles. The Morgan fingerprint density at radius 2 is 2.12 bits per heavy atom. The summed E-state index contributed by atoms with van der Waals surface area (Å²) in [6.45, 7) is 2.01. The first-order chi connectivity index (χ1) is 8.22. The highest BCUT2D eigenvalue weighted by molar-refractivity contribution is 5.84. The van der Waals surface area contributed by atoms with Crippen molar-refractivity contribution in [2.24, 2.45) is 5.92 Å². The molecule has 5 nitrogen and oxygen atoms in total. The molecule has 1 atom stereocenters. The predicted octanol–water partition coefficient (Wildman–Crippen LogP) is 0.577. The van der Waals surface area contributed by atoms with Crippen molar-refractivity contribution < 1.29 is 19.1 Å². The van der Waals surface area contributed by atoms with Crippen LogP contribution in [0.3, 0.4) is 0 Å². The second kappa shape index (κ2) is 5.49. The van der Waals surface area contributed by atoms with Crippen LogP contribution in [0.5, 0.6) is 0 Å². The van der Waals surface area contributed by atoms with Gasteiger partial charge in [0.2, 0.25) is 5.91 Å². The number of amides is 1. The fourth-order valence-corrected chi connectivity index (χ4v) is 2.38. The summed E-state index contributed by atoms with van der Waals surface area (Å²) in [7, 11) is 1.37. The molecule has 2 aliphatic rings. The number of methoxy groups -OCH3 is 1. The van der Waals surface area contributed by atoms with Crippen LogP contribution in [0.15, 0.2) is 0 Å². The van der Waals surface area contributed by atoms with Crippen molar-refractivity contribution in [2.75, 3.05) is 26.9 Å². The Morgan fingerprint density at radius 1 is 1.35 bits per heavy atom. The summed E-state index contributed by atoms with van der Waals surface area (Å²) < 4.78 is 9.81. The summed E-state index contributed by atoms with van der Waals surface area (Å²) in [6, 6.07) is -0.373. The zero-order valence-corrected chi connectivity index (χ0v) is 10.2. The maximum atomic E-state index is 12.1. The third-order valence-corrected chi connectivity index (χ3v) is 3.47. The molecule has 17 heavy (non-hydrogen) atoms. The highest BCUT2D eigenvalue weighted by Crippen LogP contribution is 2.22. The fourth-order valence-electron chi connectivity index (χ4n) is 2.38. The van der Waals surface area contributed by atoms with E-state index in [0.717, 1.165) is 19.3 Å². The minimum Gasteiger partial charge on any atom is -0.467 e. The van der Waals surface area contributed by atoms with Crippen LogP contribution in [0.25, 0.3) is 0 Å². The molecular formula is C12H19NO4. The van der Waals surface area contributed by atoms with Crippen molar-refractivity contribution in [1.29, 1.82) is 0 Å². The number of likely N-dealkylation sites (tertiary alicyclic amines) is 1. The van der Waals surface area contributed by atoms with E-state index >= 15 is 0 Å². The average Bonchev–Trinajstić information content (AvgIpc) is 2.32. The van der Waals surface area contributed by atoms with Crippen molar-refractivity contribution >= 4 is 11.9 Å². The number of piperidine rings is 1. The lowest BCUT2D eigenvalue weighted by Gasteiger charge is -2.35. The van der Waals surface area contributed by atoms with Gasteiger partial charge >= 0.3 is 5.97 Å². The fraction of sp³-hybridized carbons (Fsp3) is 0.833. The van der Waals surface area contributed by atoms with Crippen LogP contribution in [-0.2, 0) is 19.1 Å². The summed E-state index contributed by atoms with van der Waals surface area (Å²) in [5.41, 5.74) is 0. The average molecular weight is 241 g/mol. The first kappa shape index (κ1) is 12.4. The highest BCUT2D eigenvalue weighted by atomic mass is 16.5. The largest absolute Gasteiger partial charge is 0.467 e. The maximum Gasteiger partial charge on any atom is 0.328 e. The third-order valence-electron chi connectivity index (χ3n) is 3.47. The summed E-state index contributed by atoms with van der Waals surface area (Å²) in [5, 5.41) is 0. The molecule has 1 unspecified atom stereocenters. The van der Waals surface area contributed by atoms with E-state index in [1.165, 1.54) is 7.11 Å². The molecule has 2 aliphatic heterocycles. The van der Waals surface area contributed by atoms with Crippen LogP contribution in [0.4, 0.5) is 0 Å². The third kappa shape index (κ3) is 2.77. The molecule has 0 aromatic heterocycles. The molecule has 0 aliphatic carbocycles. The number of carbonyl (C=O) groups is 2. The maximum absolute atomic E-state index is 12.1.